The number of ketones is 1. The van der Waals surface area contributed by atoms with Crippen LogP contribution in [0, 0.1) is 16.7 Å². The molecule has 3 heteroatoms. The van der Waals surface area contributed by atoms with Gasteiger partial charge in [-0.25, -0.2) is 0 Å². The van der Waals surface area contributed by atoms with Crippen molar-refractivity contribution in [3.8, 4) is 5.75 Å². The maximum Gasteiger partial charge on any atom is 0.168 e. The highest BCUT2D eigenvalue weighted by Crippen LogP contribution is 2.69. The third kappa shape index (κ3) is 2.22. The fourth-order valence-electron chi connectivity index (χ4n) is 2.96. The van der Waals surface area contributed by atoms with E-state index in [9.17, 15) is 4.79 Å². The third-order valence-corrected chi connectivity index (χ3v) is 5.46. The van der Waals surface area contributed by atoms with Gasteiger partial charge in [0, 0.05) is 16.0 Å². The average molecular weight is 325 g/mol. The number of halogens is 1. The molecule has 104 valence electrons. The van der Waals surface area contributed by atoms with Gasteiger partial charge in [-0.15, -0.1) is 0 Å². The summed E-state index contributed by atoms with van der Waals surface area (Å²) in [5.41, 5.74) is 0.900. The Morgan fingerprint density at radius 1 is 1.26 bits per heavy atom. The molecule has 0 heterocycles. The summed E-state index contributed by atoms with van der Waals surface area (Å²) in [6, 6.07) is 5.60. The van der Waals surface area contributed by atoms with Gasteiger partial charge in [-0.05, 0) is 51.9 Å². The van der Waals surface area contributed by atoms with Crippen LogP contribution in [-0.4, -0.2) is 12.4 Å². The molecule has 0 amide bonds. The molecule has 2 nitrogen and oxygen atoms in total. The van der Waals surface area contributed by atoms with Gasteiger partial charge in [0.15, 0.2) is 5.78 Å². The third-order valence-electron chi connectivity index (χ3n) is 4.80. The van der Waals surface area contributed by atoms with Crippen LogP contribution in [0.1, 0.15) is 45.0 Å². The normalized spacial score (nSPS) is 20.1. The lowest BCUT2D eigenvalue weighted by atomic mass is 10.0. The van der Waals surface area contributed by atoms with E-state index in [0.29, 0.717) is 6.61 Å². The van der Waals surface area contributed by atoms with Crippen LogP contribution in [0.25, 0.3) is 0 Å². The Hall–Kier alpha value is -0.830. The lowest BCUT2D eigenvalue weighted by Gasteiger charge is -2.08. The first-order chi connectivity index (χ1) is 8.73. The van der Waals surface area contributed by atoms with E-state index < -0.39 is 0 Å². The molecular formula is C16H21BrO2. The molecule has 19 heavy (non-hydrogen) atoms. The smallest absolute Gasteiger partial charge is 0.168 e. The molecule has 1 aliphatic rings. The van der Waals surface area contributed by atoms with E-state index in [1.165, 1.54) is 0 Å². The molecule has 0 unspecified atom stereocenters. The second kappa shape index (κ2) is 4.62. The minimum absolute atomic E-state index is 0.0715. The zero-order valence-corrected chi connectivity index (χ0v) is 13.8. The van der Waals surface area contributed by atoms with E-state index in [4.69, 9.17) is 4.74 Å². The quantitative estimate of drug-likeness (QED) is 0.749. The van der Waals surface area contributed by atoms with Crippen LogP contribution in [0.3, 0.4) is 0 Å². The van der Waals surface area contributed by atoms with Gasteiger partial charge in [0.05, 0.1) is 6.61 Å². The molecule has 1 aromatic rings. The molecule has 0 N–H and O–H groups in total. The summed E-state index contributed by atoms with van der Waals surface area (Å²) in [7, 11) is 0. The minimum Gasteiger partial charge on any atom is -0.494 e. The fraction of sp³-hybridized carbons (Fsp3) is 0.562. The summed E-state index contributed by atoms with van der Waals surface area (Å²) >= 11 is 3.49. The Morgan fingerprint density at radius 3 is 2.26 bits per heavy atom. The predicted molar refractivity (Wildman–Crippen MR) is 80.7 cm³/mol. The number of carbonyl (C=O) groups excluding carboxylic acids is 1. The van der Waals surface area contributed by atoms with Gasteiger partial charge in [-0.2, -0.15) is 0 Å². The number of hydrogen-bond acceptors (Lipinski definition) is 2. The van der Waals surface area contributed by atoms with Gasteiger partial charge in [0.2, 0.25) is 0 Å². The van der Waals surface area contributed by atoms with Gasteiger partial charge in [-0.1, -0.05) is 27.7 Å². The van der Waals surface area contributed by atoms with Crippen LogP contribution in [0.4, 0.5) is 0 Å². The molecule has 0 aromatic heterocycles. The Balaban J connectivity index is 2.27. The first kappa shape index (κ1) is 14.6. The molecule has 0 atom stereocenters. The van der Waals surface area contributed by atoms with Gasteiger partial charge < -0.3 is 4.74 Å². The number of Topliss-reactive ketones (excluding diaryl/α,β-unsaturated/α-hetero) is 1. The highest BCUT2D eigenvalue weighted by Gasteiger charge is 2.67. The monoisotopic (exact) mass is 324 g/mol. The van der Waals surface area contributed by atoms with Gasteiger partial charge in [0.1, 0.15) is 5.75 Å². The van der Waals surface area contributed by atoms with Crippen LogP contribution in [0.5, 0.6) is 5.75 Å². The maximum absolute atomic E-state index is 12.7. The highest BCUT2D eigenvalue weighted by atomic mass is 79.9. The van der Waals surface area contributed by atoms with Gasteiger partial charge in [0.25, 0.3) is 0 Å². The zero-order chi connectivity index (χ0) is 14.4. The van der Waals surface area contributed by atoms with Gasteiger partial charge in [-0.3, -0.25) is 4.79 Å². The molecule has 2 rings (SSSR count). The van der Waals surface area contributed by atoms with Crippen molar-refractivity contribution in [3.05, 3.63) is 28.2 Å². The van der Waals surface area contributed by atoms with Crippen molar-refractivity contribution in [2.45, 2.75) is 34.6 Å². The van der Waals surface area contributed by atoms with E-state index in [1.807, 2.05) is 25.1 Å². The fourth-order valence-corrected chi connectivity index (χ4v) is 3.51. The molecule has 0 spiro atoms. The number of ether oxygens (including phenoxy) is 1. The van der Waals surface area contributed by atoms with E-state index in [2.05, 4.69) is 43.6 Å². The number of carbonyl (C=O) groups is 1. The molecule has 0 saturated heterocycles. The number of hydrogen-bond donors (Lipinski definition) is 0. The second-order valence-electron chi connectivity index (χ2n) is 6.32. The van der Waals surface area contributed by atoms with Crippen molar-refractivity contribution in [3.63, 3.8) is 0 Å². The predicted octanol–water partition coefficient (Wildman–Crippen LogP) is 4.71. The van der Waals surface area contributed by atoms with Crippen LogP contribution >= 0.6 is 15.9 Å². The Labute approximate surface area is 123 Å². The molecule has 1 saturated carbocycles. The lowest BCUT2D eigenvalue weighted by Crippen LogP contribution is -2.08. The van der Waals surface area contributed by atoms with Crippen LogP contribution in [0.2, 0.25) is 0 Å². The molecule has 0 bridgehead atoms. The number of rotatable bonds is 4. The van der Waals surface area contributed by atoms with E-state index in [1.54, 1.807) is 0 Å². The molecule has 0 aliphatic heterocycles. The van der Waals surface area contributed by atoms with Crippen LogP contribution < -0.4 is 4.74 Å². The molecule has 1 aromatic carbocycles. The molecule has 1 aliphatic carbocycles. The lowest BCUT2D eigenvalue weighted by molar-refractivity contribution is 0.0944. The van der Waals surface area contributed by atoms with E-state index >= 15 is 0 Å². The van der Waals surface area contributed by atoms with Crippen molar-refractivity contribution in [2.75, 3.05) is 6.61 Å². The first-order valence-corrected chi connectivity index (χ1v) is 7.49. The van der Waals surface area contributed by atoms with Crippen molar-refractivity contribution in [2.24, 2.45) is 16.7 Å². The summed E-state index contributed by atoms with van der Waals surface area (Å²) in [5, 5.41) is 0. The van der Waals surface area contributed by atoms with Crippen molar-refractivity contribution < 1.29 is 9.53 Å². The summed E-state index contributed by atoms with van der Waals surface area (Å²) in [5.74, 6) is 1.11. The highest BCUT2D eigenvalue weighted by molar-refractivity contribution is 9.10. The van der Waals surface area contributed by atoms with Crippen molar-refractivity contribution in [1.29, 1.82) is 0 Å². The molecule has 0 radical (unpaired) electrons. The Morgan fingerprint density at radius 2 is 1.84 bits per heavy atom. The largest absolute Gasteiger partial charge is 0.494 e. The second-order valence-corrected chi connectivity index (χ2v) is 7.17. The summed E-state index contributed by atoms with van der Waals surface area (Å²) in [6.45, 7) is 11.2. The minimum atomic E-state index is 0.0715. The first-order valence-electron chi connectivity index (χ1n) is 6.70. The van der Waals surface area contributed by atoms with Crippen molar-refractivity contribution in [1.82, 2.24) is 0 Å². The maximum atomic E-state index is 12.7. The van der Waals surface area contributed by atoms with Crippen molar-refractivity contribution >= 4 is 21.7 Å². The SMILES string of the molecule is CCOc1ccc(C(=O)C2C(C)(C)C2(C)C)c(Br)c1. The standard InChI is InChI=1S/C16H21BrO2/c1-6-19-10-7-8-11(12(17)9-10)13(18)14-15(2,3)16(14,4)5/h7-9,14H,6H2,1-5H3. The summed E-state index contributed by atoms with van der Waals surface area (Å²) in [4.78, 5) is 12.7. The summed E-state index contributed by atoms with van der Waals surface area (Å²) < 4.78 is 6.26. The topological polar surface area (TPSA) is 26.3 Å². The van der Waals surface area contributed by atoms with Gasteiger partial charge >= 0.3 is 0 Å². The van der Waals surface area contributed by atoms with Crippen LogP contribution in [0.15, 0.2) is 22.7 Å². The summed E-state index contributed by atoms with van der Waals surface area (Å²) in [6.07, 6.45) is 0. The number of benzene rings is 1. The Kier molecular flexibility index (Phi) is 3.54. The molecule has 1 fully saturated rings. The van der Waals surface area contributed by atoms with E-state index in [0.717, 1.165) is 15.8 Å². The molecular weight excluding hydrogens is 304 g/mol. The Bertz CT molecular complexity index is 503. The average Bonchev–Trinajstić information content (AvgIpc) is 2.69. The van der Waals surface area contributed by atoms with E-state index in [-0.39, 0.29) is 22.5 Å². The van der Waals surface area contributed by atoms with Crippen LogP contribution in [-0.2, 0) is 0 Å². The zero-order valence-electron chi connectivity index (χ0n) is 12.2.